The van der Waals surface area contributed by atoms with Gasteiger partial charge >= 0.3 is 11.9 Å². The molecule has 5 nitrogen and oxygen atoms in total. The first-order chi connectivity index (χ1) is 7.90. The van der Waals surface area contributed by atoms with Crippen molar-refractivity contribution in [3.8, 4) is 0 Å². The van der Waals surface area contributed by atoms with E-state index in [1.165, 1.54) is 13.2 Å². The van der Waals surface area contributed by atoms with Gasteiger partial charge in [0.25, 0.3) is 0 Å². The van der Waals surface area contributed by atoms with E-state index in [1.807, 2.05) is 6.92 Å². The lowest BCUT2D eigenvalue weighted by Gasteiger charge is -2.03. The van der Waals surface area contributed by atoms with E-state index in [1.54, 1.807) is 6.08 Å². The van der Waals surface area contributed by atoms with E-state index in [-0.39, 0.29) is 32.8 Å². The molecule has 0 aromatic carbocycles. The highest BCUT2D eigenvalue weighted by Crippen LogP contribution is 2.02. The normalized spacial score (nSPS) is 11.1. The maximum atomic E-state index is 10.6. The van der Waals surface area contributed by atoms with E-state index in [2.05, 4.69) is 17.9 Å². The summed E-state index contributed by atoms with van der Waals surface area (Å²) in [5, 5.41) is 8.14. The Morgan fingerprint density at radius 3 is 1.95 bits per heavy atom. The molecule has 0 aliphatic carbocycles. The van der Waals surface area contributed by atoms with Crippen LogP contribution in [0.5, 0.6) is 0 Å². The molecule has 0 aliphatic heterocycles. The quantitative estimate of drug-likeness (QED) is 0.578. The van der Waals surface area contributed by atoms with Crippen LogP contribution in [0.2, 0.25) is 0 Å². The summed E-state index contributed by atoms with van der Waals surface area (Å²) in [6, 6.07) is -0.785. The molecule has 0 aromatic rings. The SMILES string of the molecule is C.C=CC[C@H](C)C(=O)OC.C=CC[C@H](N)C(=O)O.S. The molecule has 114 valence electrons. The number of carbonyl (C=O) groups excluding carboxylic acids is 1. The van der Waals surface area contributed by atoms with Gasteiger partial charge in [-0.25, -0.2) is 0 Å². The van der Waals surface area contributed by atoms with E-state index < -0.39 is 12.0 Å². The van der Waals surface area contributed by atoms with Gasteiger partial charge in [0.15, 0.2) is 0 Å². The van der Waals surface area contributed by atoms with E-state index in [9.17, 15) is 9.59 Å². The first-order valence-corrected chi connectivity index (χ1v) is 5.18. The van der Waals surface area contributed by atoms with Crippen LogP contribution in [-0.4, -0.2) is 30.2 Å². The second-order valence-corrected chi connectivity index (χ2v) is 3.42. The van der Waals surface area contributed by atoms with Crippen molar-refractivity contribution in [1.82, 2.24) is 0 Å². The lowest BCUT2D eigenvalue weighted by molar-refractivity contribution is -0.144. The summed E-state index contributed by atoms with van der Waals surface area (Å²) in [7, 11) is 1.39. The number of aliphatic carboxylic acids is 1. The molecule has 0 rings (SSSR count). The van der Waals surface area contributed by atoms with E-state index in [0.717, 1.165) is 0 Å². The van der Waals surface area contributed by atoms with Crippen LogP contribution in [0.25, 0.3) is 0 Å². The Hall–Kier alpha value is -1.27. The smallest absolute Gasteiger partial charge is 0.320 e. The van der Waals surface area contributed by atoms with Crippen LogP contribution in [0.1, 0.15) is 27.2 Å². The lowest BCUT2D eigenvalue weighted by atomic mass is 10.1. The highest BCUT2D eigenvalue weighted by molar-refractivity contribution is 7.59. The predicted molar refractivity (Wildman–Crippen MR) is 83.5 cm³/mol. The van der Waals surface area contributed by atoms with Crippen LogP contribution in [0, 0.1) is 5.92 Å². The fourth-order valence-electron chi connectivity index (χ4n) is 0.828. The summed E-state index contributed by atoms with van der Waals surface area (Å²) in [4.78, 5) is 20.5. The molecule has 0 saturated heterocycles. The number of hydrogen-bond donors (Lipinski definition) is 2. The minimum absolute atomic E-state index is 0. The average molecular weight is 293 g/mol. The zero-order valence-corrected chi connectivity index (χ0v) is 11.9. The molecule has 6 heteroatoms. The van der Waals surface area contributed by atoms with Gasteiger partial charge < -0.3 is 15.6 Å². The molecule has 19 heavy (non-hydrogen) atoms. The Balaban J connectivity index is -0.000000108. The number of carboxylic acids is 1. The number of nitrogens with two attached hydrogens (primary N) is 1. The zero-order valence-electron chi connectivity index (χ0n) is 10.9. The molecule has 0 amide bonds. The van der Waals surface area contributed by atoms with Gasteiger partial charge in [-0.2, -0.15) is 13.5 Å². The lowest BCUT2D eigenvalue weighted by Crippen LogP contribution is -2.28. The van der Waals surface area contributed by atoms with Gasteiger partial charge in [0.1, 0.15) is 6.04 Å². The molecule has 3 N–H and O–H groups in total. The molecule has 0 saturated carbocycles. The predicted octanol–water partition coefficient (Wildman–Crippen LogP) is 2.09. The Morgan fingerprint density at radius 2 is 1.74 bits per heavy atom. The maximum Gasteiger partial charge on any atom is 0.320 e. The van der Waals surface area contributed by atoms with Gasteiger partial charge in [-0.05, 0) is 12.8 Å². The third-order valence-corrected chi connectivity index (χ3v) is 1.86. The number of carbonyl (C=O) groups is 2. The summed E-state index contributed by atoms with van der Waals surface area (Å²) < 4.78 is 4.48. The minimum atomic E-state index is -0.982. The monoisotopic (exact) mass is 293 g/mol. The minimum Gasteiger partial charge on any atom is -0.480 e. The first-order valence-electron chi connectivity index (χ1n) is 5.18. The van der Waals surface area contributed by atoms with Crippen molar-refractivity contribution in [3.63, 3.8) is 0 Å². The molecule has 2 atom stereocenters. The molecule has 0 unspecified atom stereocenters. The number of hydrogen-bond acceptors (Lipinski definition) is 4. The van der Waals surface area contributed by atoms with Crippen molar-refractivity contribution >= 4 is 25.4 Å². The standard InChI is InChI=1S/C7H12O2.C5H9NO2.CH4.H2S/c1-4-5-6(2)7(8)9-3;1-2-3-4(6)5(7)8;;/h4,6H,1,5H2,2-3H3;2,4H,1,3,6H2,(H,7,8);1H4;1H2/t6-;4-;;/m00../s1. The van der Waals surface area contributed by atoms with Crippen LogP contribution < -0.4 is 5.73 Å². The Morgan fingerprint density at radius 1 is 1.32 bits per heavy atom. The largest absolute Gasteiger partial charge is 0.480 e. The number of carboxylic acid groups (broad SMARTS) is 1. The van der Waals surface area contributed by atoms with Crippen LogP contribution in [0.3, 0.4) is 0 Å². The average Bonchev–Trinajstić information content (AvgIpc) is 2.29. The van der Waals surface area contributed by atoms with Gasteiger partial charge in [-0.3, -0.25) is 9.59 Å². The number of methoxy groups -OCH3 is 1. The Kier molecular flexibility index (Phi) is 23.2. The van der Waals surface area contributed by atoms with Gasteiger partial charge in [0.2, 0.25) is 0 Å². The van der Waals surface area contributed by atoms with Crippen molar-refractivity contribution < 1.29 is 19.4 Å². The van der Waals surface area contributed by atoms with Gasteiger partial charge in [0.05, 0.1) is 13.0 Å². The van der Waals surface area contributed by atoms with E-state index in [4.69, 9.17) is 10.8 Å². The topological polar surface area (TPSA) is 89.6 Å². The summed E-state index contributed by atoms with van der Waals surface area (Å²) in [5.74, 6) is -1.20. The maximum absolute atomic E-state index is 10.6. The van der Waals surface area contributed by atoms with Gasteiger partial charge in [-0.15, -0.1) is 13.2 Å². The number of allylic oxidation sites excluding steroid dienone is 1. The van der Waals surface area contributed by atoms with Crippen LogP contribution in [-0.2, 0) is 14.3 Å². The highest BCUT2D eigenvalue weighted by atomic mass is 32.1. The van der Waals surface area contributed by atoms with Crippen LogP contribution >= 0.6 is 13.5 Å². The van der Waals surface area contributed by atoms with E-state index in [0.29, 0.717) is 12.8 Å². The first kappa shape index (κ1) is 26.3. The Bertz CT molecular complexity index is 269. The van der Waals surface area contributed by atoms with Crippen molar-refractivity contribution in [1.29, 1.82) is 0 Å². The fraction of sp³-hybridized carbons (Fsp3) is 0.538. The molecule has 0 radical (unpaired) electrons. The third kappa shape index (κ3) is 16.7. The second kappa shape index (κ2) is 16.7. The Labute approximate surface area is 123 Å². The van der Waals surface area contributed by atoms with Crippen LogP contribution in [0.15, 0.2) is 25.3 Å². The molecule has 0 heterocycles. The summed E-state index contributed by atoms with van der Waals surface area (Å²) in [6.07, 6.45) is 4.21. The summed E-state index contributed by atoms with van der Waals surface area (Å²) in [6.45, 7) is 8.66. The molecule has 0 aliphatic rings. The third-order valence-electron chi connectivity index (χ3n) is 1.86. The summed E-state index contributed by atoms with van der Waals surface area (Å²) >= 11 is 0. The summed E-state index contributed by atoms with van der Waals surface area (Å²) in [5.41, 5.74) is 5.06. The number of ether oxygens (including phenoxy) is 1. The zero-order chi connectivity index (χ0) is 13.8. The molecule has 0 bridgehead atoms. The highest BCUT2D eigenvalue weighted by Gasteiger charge is 2.09. The number of esters is 1. The molecular weight excluding hydrogens is 266 g/mol. The van der Waals surface area contributed by atoms with Crippen molar-refractivity contribution in [3.05, 3.63) is 25.3 Å². The molecule has 0 aromatic heterocycles. The number of rotatable bonds is 6. The van der Waals surface area contributed by atoms with Crippen LogP contribution in [0.4, 0.5) is 0 Å². The molecule has 0 spiro atoms. The van der Waals surface area contributed by atoms with Crippen molar-refractivity contribution in [2.75, 3.05) is 7.11 Å². The molecule has 0 fully saturated rings. The van der Waals surface area contributed by atoms with E-state index >= 15 is 0 Å². The van der Waals surface area contributed by atoms with Crippen molar-refractivity contribution in [2.24, 2.45) is 11.7 Å². The van der Waals surface area contributed by atoms with Crippen molar-refractivity contribution in [2.45, 2.75) is 33.2 Å². The second-order valence-electron chi connectivity index (χ2n) is 3.42. The van der Waals surface area contributed by atoms with Gasteiger partial charge in [0, 0.05) is 0 Å². The van der Waals surface area contributed by atoms with Gasteiger partial charge in [-0.1, -0.05) is 26.5 Å². The molecular formula is C13H27NO4S. The fourth-order valence-corrected chi connectivity index (χ4v) is 0.828.